The molecule has 0 saturated carbocycles. The van der Waals surface area contributed by atoms with Gasteiger partial charge in [0, 0.05) is 12.7 Å². The van der Waals surface area contributed by atoms with Crippen molar-refractivity contribution < 1.29 is 26.4 Å². The molecule has 2 aromatic carbocycles. The molecule has 1 aromatic heterocycles. The maximum absolute atomic E-state index is 13.1. The summed E-state index contributed by atoms with van der Waals surface area (Å²) >= 11 is 6.90. The van der Waals surface area contributed by atoms with Crippen LogP contribution in [0.25, 0.3) is 10.2 Å². The van der Waals surface area contributed by atoms with Crippen LogP contribution in [0, 0.1) is 0 Å². The summed E-state index contributed by atoms with van der Waals surface area (Å²) in [5.74, 6) is -0.804. The lowest BCUT2D eigenvalue weighted by Crippen LogP contribution is -2.37. The maximum Gasteiger partial charge on any atom is 0.416 e. The average molecular weight is 494 g/mol. The molecule has 0 aliphatic heterocycles. The van der Waals surface area contributed by atoms with Crippen LogP contribution in [0.1, 0.15) is 5.56 Å². The molecule has 0 bridgehead atoms. The van der Waals surface area contributed by atoms with Crippen LogP contribution in [-0.4, -0.2) is 31.7 Å². The number of nitrogens with one attached hydrogen (secondary N) is 1. The van der Waals surface area contributed by atoms with Crippen molar-refractivity contribution in [3.05, 3.63) is 56.7 Å². The average Bonchev–Trinajstić information content (AvgIpc) is 2.92. The van der Waals surface area contributed by atoms with Gasteiger partial charge < -0.3 is 9.88 Å². The van der Waals surface area contributed by atoms with Gasteiger partial charge in [-0.2, -0.15) is 13.2 Å². The summed E-state index contributed by atoms with van der Waals surface area (Å²) in [7, 11) is -2.55. The van der Waals surface area contributed by atoms with Gasteiger partial charge in [0.1, 0.15) is 6.54 Å². The van der Waals surface area contributed by atoms with E-state index in [2.05, 4.69) is 5.32 Å². The normalized spacial score (nSPS) is 12.2. The largest absolute Gasteiger partial charge is 0.416 e. The molecule has 0 atom stereocenters. The van der Waals surface area contributed by atoms with Crippen LogP contribution >= 0.6 is 22.9 Å². The first-order chi connectivity index (χ1) is 14.3. The van der Waals surface area contributed by atoms with Crippen molar-refractivity contribution in [2.75, 3.05) is 22.4 Å². The molecule has 0 fully saturated rings. The van der Waals surface area contributed by atoms with Gasteiger partial charge in [-0.05, 0) is 36.4 Å². The van der Waals surface area contributed by atoms with Gasteiger partial charge in [-0.25, -0.2) is 8.42 Å². The fourth-order valence-corrected chi connectivity index (χ4v) is 4.85. The predicted octanol–water partition coefficient (Wildman–Crippen LogP) is 3.68. The van der Waals surface area contributed by atoms with E-state index in [1.807, 2.05) is 0 Å². The third-order valence-electron chi connectivity index (χ3n) is 4.31. The molecule has 3 rings (SSSR count). The van der Waals surface area contributed by atoms with Crippen molar-refractivity contribution >= 4 is 60.5 Å². The predicted molar refractivity (Wildman–Crippen MR) is 114 cm³/mol. The van der Waals surface area contributed by atoms with E-state index in [1.165, 1.54) is 10.6 Å². The number of sulfonamides is 1. The molecule has 1 N–H and O–H groups in total. The number of anilines is 2. The first-order valence-electron chi connectivity index (χ1n) is 8.51. The van der Waals surface area contributed by atoms with E-state index in [9.17, 15) is 31.2 Å². The van der Waals surface area contributed by atoms with Gasteiger partial charge in [0.25, 0.3) is 0 Å². The second kappa shape index (κ2) is 8.17. The Kier molecular flexibility index (Phi) is 6.09. The van der Waals surface area contributed by atoms with E-state index in [0.717, 1.165) is 23.7 Å². The Balaban J connectivity index is 1.90. The van der Waals surface area contributed by atoms with Gasteiger partial charge in [0.05, 0.1) is 32.7 Å². The zero-order valence-electron chi connectivity index (χ0n) is 16.0. The van der Waals surface area contributed by atoms with E-state index in [0.29, 0.717) is 32.3 Å². The Morgan fingerprint density at radius 2 is 1.90 bits per heavy atom. The molecule has 7 nitrogen and oxygen atoms in total. The number of thiazole rings is 1. The summed E-state index contributed by atoms with van der Waals surface area (Å²) in [6.07, 6.45) is -3.97. The van der Waals surface area contributed by atoms with Gasteiger partial charge >= 0.3 is 11.0 Å². The number of hydrogen-bond acceptors (Lipinski definition) is 5. The highest BCUT2D eigenvalue weighted by Crippen LogP contribution is 2.36. The molecule has 0 aliphatic carbocycles. The lowest BCUT2D eigenvalue weighted by molar-refractivity contribution is -0.137. The number of hydrogen-bond donors (Lipinski definition) is 1. The Labute approximate surface area is 183 Å². The maximum atomic E-state index is 13.1. The fourth-order valence-electron chi connectivity index (χ4n) is 2.80. The number of alkyl halides is 3. The molecule has 31 heavy (non-hydrogen) atoms. The summed E-state index contributed by atoms with van der Waals surface area (Å²) in [4.78, 5) is 24.0. The second-order valence-corrected chi connectivity index (χ2v) is 9.90. The fraction of sp³-hybridized carbons (Fsp3) is 0.222. The molecule has 166 valence electrons. The van der Waals surface area contributed by atoms with Crippen LogP contribution in [0.3, 0.4) is 0 Å². The summed E-state index contributed by atoms with van der Waals surface area (Å²) in [5, 5.41) is 2.22. The highest BCUT2D eigenvalue weighted by atomic mass is 35.5. The highest BCUT2D eigenvalue weighted by Gasteiger charge is 2.33. The van der Waals surface area contributed by atoms with Crippen LogP contribution < -0.4 is 14.5 Å². The van der Waals surface area contributed by atoms with Gasteiger partial charge in [0.2, 0.25) is 15.9 Å². The van der Waals surface area contributed by atoms with Crippen molar-refractivity contribution in [2.45, 2.75) is 6.18 Å². The Morgan fingerprint density at radius 1 is 1.23 bits per heavy atom. The van der Waals surface area contributed by atoms with E-state index < -0.39 is 39.9 Å². The van der Waals surface area contributed by atoms with Crippen LogP contribution in [0.4, 0.5) is 24.5 Å². The number of carbonyl (C=O) groups excluding carboxylic acids is 1. The van der Waals surface area contributed by atoms with Crippen molar-refractivity contribution in [3.8, 4) is 0 Å². The third kappa shape index (κ3) is 5.02. The monoisotopic (exact) mass is 493 g/mol. The number of aromatic nitrogens is 1. The topological polar surface area (TPSA) is 88.5 Å². The molecule has 0 aliphatic rings. The Morgan fingerprint density at radius 3 is 2.52 bits per heavy atom. The Hall–Kier alpha value is -2.57. The van der Waals surface area contributed by atoms with E-state index in [4.69, 9.17) is 11.6 Å². The number of amides is 1. The molecule has 0 saturated heterocycles. The molecule has 1 amide bonds. The number of nitrogens with zero attached hydrogens (tertiary/aromatic N) is 2. The van der Waals surface area contributed by atoms with Crippen molar-refractivity contribution in [1.29, 1.82) is 0 Å². The van der Waals surface area contributed by atoms with Crippen molar-refractivity contribution in [2.24, 2.45) is 7.05 Å². The smallest absolute Gasteiger partial charge is 0.324 e. The number of carbonyl (C=O) groups is 1. The molecule has 3 aromatic rings. The van der Waals surface area contributed by atoms with Crippen LogP contribution in [0.5, 0.6) is 0 Å². The van der Waals surface area contributed by atoms with Crippen LogP contribution in [0.2, 0.25) is 5.02 Å². The van der Waals surface area contributed by atoms with Gasteiger partial charge in [-0.1, -0.05) is 22.9 Å². The molecule has 13 heteroatoms. The van der Waals surface area contributed by atoms with Crippen molar-refractivity contribution in [3.63, 3.8) is 0 Å². The Bertz CT molecular complexity index is 1330. The summed E-state index contributed by atoms with van der Waals surface area (Å²) in [5.41, 5.74) is -0.624. The molecular formula is C18H15ClF3N3O4S2. The number of aryl methyl sites for hydroxylation is 1. The minimum Gasteiger partial charge on any atom is -0.324 e. The number of rotatable bonds is 5. The zero-order chi connectivity index (χ0) is 23.1. The minimum absolute atomic E-state index is 0.194. The summed E-state index contributed by atoms with van der Waals surface area (Å²) in [6.45, 7) is -0.803. The number of halogens is 4. The van der Waals surface area contributed by atoms with Gasteiger partial charge in [-0.3, -0.25) is 13.9 Å². The van der Waals surface area contributed by atoms with Crippen molar-refractivity contribution in [1.82, 2.24) is 4.57 Å². The quantitative estimate of drug-likeness (QED) is 0.587. The highest BCUT2D eigenvalue weighted by molar-refractivity contribution is 7.92. The molecule has 1 heterocycles. The van der Waals surface area contributed by atoms with Crippen LogP contribution in [-0.2, 0) is 28.0 Å². The number of benzene rings is 2. The molecular weight excluding hydrogens is 479 g/mol. The summed E-state index contributed by atoms with van der Waals surface area (Å²) in [6, 6.07) is 6.88. The SMILES string of the molecule is Cn1c(=O)sc2cc(NC(=O)CN(c3cc(C(F)(F)F)ccc3Cl)S(C)(=O)=O)ccc21. The zero-order valence-corrected chi connectivity index (χ0v) is 18.4. The standard InChI is InChI=1S/C18H15ClF3N3O4S2/c1-24-13-6-4-11(8-15(13)30-17(24)27)23-16(26)9-25(31(2,28)29)14-7-10(18(20,21)22)3-5-12(14)19/h3-8H,9H2,1-2H3,(H,23,26). The second-order valence-electron chi connectivity index (χ2n) is 6.59. The van der Waals surface area contributed by atoms with E-state index in [-0.39, 0.29) is 9.90 Å². The first kappa shape index (κ1) is 23.1. The molecule has 0 unspecified atom stereocenters. The lowest BCUT2D eigenvalue weighted by atomic mass is 10.2. The molecule has 0 spiro atoms. The number of fused-ring (bicyclic) bond motifs is 1. The lowest BCUT2D eigenvalue weighted by Gasteiger charge is -2.24. The van der Waals surface area contributed by atoms with E-state index >= 15 is 0 Å². The minimum atomic E-state index is -4.72. The van der Waals surface area contributed by atoms with E-state index in [1.54, 1.807) is 19.2 Å². The molecule has 0 radical (unpaired) electrons. The van der Waals surface area contributed by atoms with Gasteiger partial charge in [0.15, 0.2) is 0 Å². The van der Waals surface area contributed by atoms with Crippen LogP contribution in [0.15, 0.2) is 41.2 Å². The first-order valence-corrected chi connectivity index (χ1v) is 11.6. The third-order valence-corrected chi connectivity index (χ3v) is 6.75. The van der Waals surface area contributed by atoms with Gasteiger partial charge in [-0.15, -0.1) is 0 Å². The summed E-state index contributed by atoms with van der Waals surface area (Å²) < 4.78 is 66.1.